The molecule has 0 saturated carbocycles. The molecule has 0 spiro atoms. The number of benzene rings is 1. The zero-order valence-electron chi connectivity index (χ0n) is 14.8. The molecule has 1 aliphatic heterocycles. The van der Waals surface area contributed by atoms with Crippen LogP contribution in [0.2, 0.25) is 0 Å². The highest BCUT2D eigenvalue weighted by Crippen LogP contribution is 2.34. The van der Waals surface area contributed by atoms with Gasteiger partial charge in [0.05, 0.1) is 16.6 Å². The lowest BCUT2D eigenvalue weighted by Crippen LogP contribution is -2.52. The number of nitrogens with one attached hydrogen (secondary N) is 2. The molecular formula is C17H16F5N3O3S. The Morgan fingerprint density at radius 1 is 1.10 bits per heavy atom. The summed E-state index contributed by atoms with van der Waals surface area (Å²) in [7, 11) is -4.28. The van der Waals surface area contributed by atoms with E-state index in [0.29, 0.717) is 19.3 Å². The van der Waals surface area contributed by atoms with E-state index in [9.17, 15) is 30.4 Å². The van der Waals surface area contributed by atoms with Gasteiger partial charge in [0.2, 0.25) is 16.0 Å². The molecule has 0 aliphatic carbocycles. The Labute approximate surface area is 163 Å². The third kappa shape index (κ3) is 5.00. The summed E-state index contributed by atoms with van der Waals surface area (Å²) in [5.41, 5.74) is -1.63. The number of sulfonamides is 1. The topological polar surface area (TPSA) is 80.3 Å². The second kappa shape index (κ2) is 7.84. The van der Waals surface area contributed by atoms with E-state index in [1.54, 1.807) is 0 Å². The van der Waals surface area contributed by atoms with E-state index in [2.05, 4.69) is 19.8 Å². The van der Waals surface area contributed by atoms with Gasteiger partial charge in [-0.05, 0) is 50.2 Å². The molecule has 1 saturated heterocycles. The second-order valence-corrected chi connectivity index (χ2v) is 8.13. The molecule has 2 heterocycles. The number of piperidine rings is 1. The van der Waals surface area contributed by atoms with Crippen LogP contribution in [0.5, 0.6) is 5.75 Å². The zero-order chi connectivity index (χ0) is 21.3. The maximum Gasteiger partial charge on any atom is 0.573 e. The monoisotopic (exact) mass is 437 g/mol. The molecule has 2 aromatic rings. The smallest absolute Gasteiger partial charge is 0.406 e. The van der Waals surface area contributed by atoms with Crippen LogP contribution in [0.25, 0.3) is 0 Å². The van der Waals surface area contributed by atoms with E-state index in [1.807, 2.05) is 0 Å². The lowest BCUT2D eigenvalue weighted by molar-refractivity contribution is -0.274. The van der Waals surface area contributed by atoms with Crippen molar-refractivity contribution < 1.29 is 35.1 Å². The molecule has 0 unspecified atom stereocenters. The van der Waals surface area contributed by atoms with Crippen molar-refractivity contribution in [2.75, 3.05) is 13.1 Å². The molecule has 1 aliphatic rings. The van der Waals surface area contributed by atoms with E-state index in [0.717, 1.165) is 30.3 Å². The van der Waals surface area contributed by atoms with Crippen LogP contribution in [-0.2, 0) is 15.6 Å². The number of hydrogen-bond donors (Lipinski definition) is 2. The van der Waals surface area contributed by atoms with Crippen molar-refractivity contribution in [3.8, 4) is 5.75 Å². The first-order valence-electron chi connectivity index (χ1n) is 8.43. The average molecular weight is 437 g/mol. The molecule has 12 heteroatoms. The van der Waals surface area contributed by atoms with Crippen LogP contribution in [0.1, 0.15) is 18.4 Å². The van der Waals surface area contributed by atoms with Gasteiger partial charge in [0, 0.05) is 11.6 Å². The molecular weight excluding hydrogens is 421 g/mol. The van der Waals surface area contributed by atoms with Crippen molar-refractivity contribution in [3.05, 3.63) is 53.9 Å². The summed E-state index contributed by atoms with van der Waals surface area (Å²) in [5.74, 6) is -2.42. The van der Waals surface area contributed by atoms with Gasteiger partial charge in [0.1, 0.15) is 11.6 Å². The Balaban J connectivity index is 1.94. The molecule has 0 atom stereocenters. The van der Waals surface area contributed by atoms with Gasteiger partial charge in [-0.2, -0.15) is 4.39 Å². The van der Waals surface area contributed by atoms with Crippen molar-refractivity contribution in [1.82, 2.24) is 15.0 Å². The predicted molar refractivity (Wildman–Crippen MR) is 91.4 cm³/mol. The maximum atomic E-state index is 14.4. The number of aromatic nitrogens is 1. The molecule has 0 radical (unpaired) electrons. The number of alkyl halides is 3. The van der Waals surface area contributed by atoms with Crippen LogP contribution in [0.4, 0.5) is 22.0 Å². The van der Waals surface area contributed by atoms with Gasteiger partial charge in [-0.15, -0.1) is 13.2 Å². The molecule has 3 rings (SSSR count). The van der Waals surface area contributed by atoms with Crippen molar-refractivity contribution in [3.63, 3.8) is 0 Å². The number of nitrogens with zero attached hydrogens (tertiary/aromatic N) is 1. The highest BCUT2D eigenvalue weighted by Gasteiger charge is 2.40. The molecule has 29 heavy (non-hydrogen) atoms. The molecule has 158 valence electrons. The van der Waals surface area contributed by atoms with E-state index in [1.165, 1.54) is 0 Å². The van der Waals surface area contributed by atoms with Gasteiger partial charge in [-0.25, -0.2) is 22.5 Å². The fourth-order valence-electron chi connectivity index (χ4n) is 3.20. The summed E-state index contributed by atoms with van der Waals surface area (Å²) >= 11 is 0. The SMILES string of the molecule is O=S(=O)(NC1(c2cc(F)ncc2F)CCNCC1)c1ccc(OC(F)(F)F)cc1. The van der Waals surface area contributed by atoms with Crippen LogP contribution in [0.3, 0.4) is 0 Å². The molecule has 1 aromatic carbocycles. The third-order valence-electron chi connectivity index (χ3n) is 4.49. The van der Waals surface area contributed by atoms with Crippen LogP contribution in [0, 0.1) is 11.8 Å². The van der Waals surface area contributed by atoms with E-state index >= 15 is 0 Å². The first-order valence-corrected chi connectivity index (χ1v) is 9.91. The first-order chi connectivity index (χ1) is 13.5. The fraction of sp³-hybridized carbons (Fsp3) is 0.353. The fourth-order valence-corrected chi connectivity index (χ4v) is 4.64. The van der Waals surface area contributed by atoms with E-state index in [4.69, 9.17) is 0 Å². The largest absolute Gasteiger partial charge is 0.573 e. The normalized spacial score (nSPS) is 17.1. The van der Waals surface area contributed by atoms with Crippen molar-refractivity contribution >= 4 is 10.0 Å². The maximum absolute atomic E-state index is 14.4. The standard InChI is InChI=1S/C17H16F5N3O3S/c18-14-10-24-15(19)9-13(14)16(5-7-23-8-6-16)25-29(26,27)12-3-1-11(2-4-12)28-17(20,21)22/h1-4,9-10,23,25H,5-8H2. The summed E-state index contributed by atoms with van der Waals surface area (Å²) in [6.45, 7) is 0.675. The van der Waals surface area contributed by atoms with Crippen LogP contribution >= 0.6 is 0 Å². The van der Waals surface area contributed by atoms with E-state index in [-0.39, 0.29) is 23.3 Å². The van der Waals surface area contributed by atoms with Gasteiger partial charge in [0.15, 0.2) is 0 Å². The molecule has 1 fully saturated rings. The lowest BCUT2D eigenvalue weighted by atomic mass is 9.82. The molecule has 6 nitrogen and oxygen atoms in total. The molecule has 1 aromatic heterocycles. The minimum absolute atomic E-state index is 0.127. The Morgan fingerprint density at radius 3 is 2.31 bits per heavy atom. The number of rotatable bonds is 5. The van der Waals surface area contributed by atoms with Gasteiger partial charge < -0.3 is 10.1 Å². The predicted octanol–water partition coefficient (Wildman–Crippen LogP) is 2.82. The Hall–Kier alpha value is -2.31. The quantitative estimate of drug-likeness (QED) is 0.556. The third-order valence-corrected chi connectivity index (χ3v) is 6.04. The average Bonchev–Trinajstić information content (AvgIpc) is 2.63. The molecule has 0 bridgehead atoms. The molecule has 2 N–H and O–H groups in total. The van der Waals surface area contributed by atoms with Gasteiger partial charge in [-0.1, -0.05) is 0 Å². The van der Waals surface area contributed by atoms with Crippen molar-refractivity contribution in [1.29, 1.82) is 0 Å². The Bertz CT molecular complexity index is 975. The number of ether oxygens (including phenoxy) is 1. The van der Waals surface area contributed by atoms with Crippen LogP contribution in [0.15, 0.2) is 41.4 Å². The second-order valence-electron chi connectivity index (χ2n) is 6.44. The lowest BCUT2D eigenvalue weighted by Gasteiger charge is -2.38. The van der Waals surface area contributed by atoms with Crippen molar-refractivity contribution in [2.24, 2.45) is 0 Å². The summed E-state index contributed by atoms with van der Waals surface area (Å²) in [4.78, 5) is 2.87. The van der Waals surface area contributed by atoms with Gasteiger partial charge in [0.25, 0.3) is 0 Å². The van der Waals surface area contributed by atoms with Gasteiger partial charge >= 0.3 is 6.36 Å². The highest BCUT2D eigenvalue weighted by atomic mass is 32.2. The number of hydrogen-bond acceptors (Lipinski definition) is 5. The summed E-state index contributed by atoms with van der Waals surface area (Å²) in [6.07, 6.45) is -3.99. The van der Waals surface area contributed by atoms with Gasteiger partial charge in [-0.3, -0.25) is 0 Å². The first kappa shape index (κ1) is 21.4. The summed E-state index contributed by atoms with van der Waals surface area (Å²) < 4.78 is 96.6. The highest BCUT2D eigenvalue weighted by molar-refractivity contribution is 7.89. The number of halogens is 5. The zero-order valence-corrected chi connectivity index (χ0v) is 15.6. The van der Waals surface area contributed by atoms with E-state index < -0.39 is 39.4 Å². The summed E-state index contributed by atoms with van der Waals surface area (Å²) in [5, 5.41) is 3.01. The van der Waals surface area contributed by atoms with Crippen molar-refractivity contribution in [2.45, 2.75) is 29.6 Å². The Kier molecular flexibility index (Phi) is 5.79. The minimum atomic E-state index is -4.92. The Morgan fingerprint density at radius 2 is 1.72 bits per heavy atom. The molecule has 0 amide bonds. The number of pyridine rings is 1. The minimum Gasteiger partial charge on any atom is -0.406 e. The van der Waals surface area contributed by atoms with Crippen LogP contribution < -0.4 is 14.8 Å². The summed E-state index contributed by atoms with van der Waals surface area (Å²) in [6, 6.07) is 4.40. The van der Waals surface area contributed by atoms with Crippen LogP contribution in [-0.4, -0.2) is 32.9 Å².